The number of benzene rings is 9. The molecule has 0 saturated heterocycles. The Morgan fingerprint density at radius 1 is 0.446 bits per heavy atom. The molecule has 65 heavy (non-hydrogen) atoms. The van der Waals surface area contributed by atoms with Gasteiger partial charge in [-0.2, -0.15) is 0 Å². The summed E-state index contributed by atoms with van der Waals surface area (Å²) in [6.07, 6.45) is 8.26. The van der Waals surface area contributed by atoms with Crippen LogP contribution in [0.4, 0.5) is 34.1 Å². The lowest BCUT2D eigenvalue weighted by atomic mass is 9.91. The van der Waals surface area contributed by atoms with Crippen molar-refractivity contribution < 1.29 is 8.83 Å². The fourth-order valence-electron chi connectivity index (χ4n) is 10.1. The fourth-order valence-corrected chi connectivity index (χ4v) is 10.1. The molecule has 0 amide bonds. The van der Waals surface area contributed by atoms with E-state index in [0.29, 0.717) is 0 Å². The summed E-state index contributed by atoms with van der Waals surface area (Å²) in [4.78, 5) is 4.84. The molecule has 9 aromatic carbocycles. The average Bonchev–Trinajstić information content (AvgIpc) is 3.90. The minimum absolute atomic E-state index is 0.850. The van der Waals surface area contributed by atoms with Crippen molar-refractivity contribution in [3.8, 4) is 0 Å². The number of nitrogens with zero attached hydrogens (tertiary/aromatic N) is 2. The third kappa shape index (κ3) is 6.42. The molecule has 0 aliphatic rings. The van der Waals surface area contributed by atoms with Gasteiger partial charge in [-0.15, -0.1) is 0 Å². The standard InChI is InChI=1S/C61H52N2O2/c1-35(2)14-10-16-45-34-64-60-48(45)17-12-20-55(60)62(46-30-37(4)41(8)38(5)31-46)53-28-24-43-23-27-52-54(29-25-44-22-26-51(53)57(43)58(44)52)63(47-32-39(6)42(9)40(7)33-47)56-21-13-19-50-49-18-11-15-36(3)59(49)65-61(50)56/h10-34H,1-9H3/b16-10-. The molecular formula is C61H52N2O2. The highest BCUT2D eigenvalue weighted by atomic mass is 16.3. The van der Waals surface area contributed by atoms with Gasteiger partial charge in [0.2, 0.25) is 0 Å². The molecule has 2 aromatic heterocycles. The maximum Gasteiger partial charge on any atom is 0.159 e. The van der Waals surface area contributed by atoms with Crippen LogP contribution in [0.2, 0.25) is 0 Å². The van der Waals surface area contributed by atoms with E-state index in [-0.39, 0.29) is 0 Å². The van der Waals surface area contributed by atoms with Gasteiger partial charge in [0.15, 0.2) is 11.2 Å². The quantitative estimate of drug-likeness (QED) is 0.113. The van der Waals surface area contributed by atoms with Crippen LogP contribution in [0, 0.1) is 48.5 Å². The molecule has 318 valence electrons. The Bertz CT molecular complexity index is 3730. The monoisotopic (exact) mass is 844 g/mol. The van der Waals surface area contributed by atoms with Gasteiger partial charge in [-0.25, -0.2) is 0 Å². The van der Waals surface area contributed by atoms with Gasteiger partial charge in [-0.05, 0) is 171 Å². The summed E-state index contributed by atoms with van der Waals surface area (Å²) in [6, 6.07) is 47.2. The summed E-state index contributed by atoms with van der Waals surface area (Å²) in [5, 5.41) is 10.5. The first-order chi connectivity index (χ1) is 31.5. The number of allylic oxidation sites excluding steroid dienone is 3. The van der Waals surface area contributed by atoms with Crippen LogP contribution in [0.3, 0.4) is 0 Å². The predicted octanol–water partition coefficient (Wildman–Crippen LogP) is 18.3. The first kappa shape index (κ1) is 40.2. The van der Waals surface area contributed by atoms with Crippen LogP contribution in [0.15, 0.2) is 160 Å². The summed E-state index contributed by atoms with van der Waals surface area (Å²) < 4.78 is 13.4. The Balaban J connectivity index is 1.19. The molecule has 0 saturated carbocycles. The number of rotatable bonds is 8. The van der Waals surface area contributed by atoms with Crippen molar-refractivity contribution >= 4 is 105 Å². The molecule has 2 heterocycles. The van der Waals surface area contributed by atoms with Crippen molar-refractivity contribution in [1.82, 2.24) is 0 Å². The molecule has 0 aliphatic heterocycles. The van der Waals surface area contributed by atoms with Gasteiger partial charge in [0.25, 0.3) is 0 Å². The van der Waals surface area contributed by atoms with Gasteiger partial charge >= 0.3 is 0 Å². The molecule has 0 aliphatic carbocycles. The van der Waals surface area contributed by atoms with E-state index in [4.69, 9.17) is 8.83 Å². The first-order valence-electron chi connectivity index (χ1n) is 22.7. The molecule has 0 spiro atoms. The Labute approximate surface area is 380 Å². The highest BCUT2D eigenvalue weighted by molar-refractivity contribution is 6.28. The molecular weight excluding hydrogens is 793 g/mol. The van der Waals surface area contributed by atoms with E-state index in [0.717, 1.165) is 78.2 Å². The van der Waals surface area contributed by atoms with Crippen LogP contribution in [-0.4, -0.2) is 0 Å². The molecule has 4 nitrogen and oxygen atoms in total. The van der Waals surface area contributed by atoms with Crippen LogP contribution in [0.5, 0.6) is 0 Å². The smallest absolute Gasteiger partial charge is 0.159 e. The van der Waals surface area contributed by atoms with Gasteiger partial charge in [0, 0.05) is 43.9 Å². The maximum absolute atomic E-state index is 6.90. The summed E-state index contributed by atoms with van der Waals surface area (Å²) in [6.45, 7) is 19.6. The van der Waals surface area contributed by atoms with E-state index >= 15 is 0 Å². The normalized spacial score (nSPS) is 12.0. The molecule has 0 atom stereocenters. The van der Waals surface area contributed by atoms with Crippen molar-refractivity contribution in [2.45, 2.75) is 62.3 Å². The lowest BCUT2D eigenvalue weighted by Crippen LogP contribution is -2.13. The lowest BCUT2D eigenvalue weighted by molar-refractivity contribution is 0.615. The van der Waals surface area contributed by atoms with Crippen LogP contribution in [0.1, 0.15) is 58.4 Å². The van der Waals surface area contributed by atoms with Gasteiger partial charge in [0.05, 0.1) is 29.0 Å². The Kier molecular flexibility index (Phi) is 9.48. The topological polar surface area (TPSA) is 32.8 Å². The van der Waals surface area contributed by atoms with E-state index < -0.39 is 0 Å². The largest absolute Gasteiger partial charge is 0.461 e. The minimum atomic E-state index is 0.850. The molecule has 0 radical (unpaired) electrons. The maximum atomic E-state index is 6.90. The van der Waals surface area contributed by atoms with E-state index in [1.165, 1.54) is 71.3 Å². The van der Waals surface area contributed by atoms with E-state index in [1.54, 1.807) is 0 Å². The highest BCUT2D eigenvalue weighted by Crippen LogP contribution is 2.50. The Hall–Kier alpha value is -7.56. The summed E-state index contributed by atoms with van der Waals surface area (Å²) in [5.74, 6) is 0. The van der Waals surface area contributed by atoms with Gasteiger partial charge in [-0.3, -0.25) is 0 Å². The second kappa shape index (κ2) is 15.3. The number of hydrogen-bond acceptors (Lipinski definition) is 4. The van der Waals surface area contributed by atoms with Gasteiger partial charge in [0.1, 0.15) is 5.58 Å². The lowest BCUT2D eigenvalue weighted by Gasteiger charge is -2.30. The van der Waals surface area contributed by atoms with Crippen molar-refractivity contribution in [3.05, 3.63) is 196 Å². The molecule has 4 heteroatoms. The highest BCUT2D eigenvalue weighted by Gasteiger charge is 2.26. The van der Waals surface area contributed by atoms with Crippen molar-refractivity contribution in [2.75, 3.05) is 9.80 Å². The number of anilines is 6. The molecule has 11 aromatic rings. The zero-order valence-corrected chi connectivity index (χ0v) is 38.6. The second-order valence-corrected chi connectivity index (χ2v) is 18.3. The van der Waals surface area contributed by atoms with Crippen molar-refractivity contribution in [2.24, 2.45) is 0 Å². The number of furan rings is 2. The predicted molar refractivity (Wildman–Crippen MR) is 278 cm³/mol. The van der Waals surface area contributed by atoms with Crippen LogP contribution >= 0.6 is 0 Å². The Morgan fingerprint density at radius 2 is 0.923 bits per heavy atom. The van der Waals surface area contributed by atoms with Gasteiger partial charge < -0.3 is 18.6 Å². The van der Waals surface area contributed by atoms with E-state index in [1.807, 2.05) is 6.26 Å². The number of para-hydroxylation sites is 3. The summed E-state index contributed by atoms with van der Waals surface area (Å²) >= 11 is 0. The van der Waals surface area contributed by atoms with E-state index in [9.17, 15) is 0 Å². The fraction of sp³-hybridized carbons (Fsp3) is 0.148. The van der Waals surface area contributed by atoms with Crippen molar-refractivity contribution in [1.29, 1.82) is 0 Å². The van der Waals surface area contributed by atoms with Crippen LogP contribution in [-0.2, 0) is 0 Å². The molecule has 0 N–H and O–H groups in total. The Morgan fingerprint density at radius 3 is 1.46 bits per heavy atom. The summed E-state index contributed by atoms with van der Waals surface area (Å²) in [5.41, 5.74) is 20.1. The summed E-state index contributed by atoms with van der Waals surface area (Å²) in [7, 11) is 0. The molecule has 0 bridgehead atoms. The number of fused-ring (bicyclic) bond motifs is 4. The third-order valence-corrected chi connectivity index (χ3v) is 13.9. The SMILES string of the molecule is CC(C)=C/C=C\c1coc2c(N(c3cc(C)c(C)c(C)c3)c3ccc4ccc5c(N(c6cc(C)c(C)c(C)c6)c6cccc7c6oc6c(C)cccc67)ccc6ccc3c4c65)cccc12. The third-order valence-electron chi connectivity index (χ3n) is 13.9. The van der Waals surface area contributed by atoms with Gasteiger partial charge in [-0.1, -0.05) is 103 Å². The number of aryl methyl sites for hydroxylation is 5. The minimum Gasteiger partial charge on any atom is -0.461 e. The average molecular weight is 845 g/mol. The molecule has 0 unspecified atom stereocenters. The second-order valence-electron chi connectivity index (χ2n) is 18.3. The van der Waals surface area contributed by atoms with Crippen LogP contribution < -0.4 is 9.80 Å². The number of hydrogen-bond donors (Lipinski definition) is 0. The zero-order chi connectivity index (χ0) is 44.8. The molecule has 11 rings (SSSR count). The first-order valence-corrected chi connectivity index (χ1v) is 22.7. The van der Waals surface area contributed by atoms with E-state index in [2.05, 4.69) is 218 Å². The zero-order valence-electron chi connectivity index (χ0n) is 38.6. The van der Waals surface area contributed by atoms with Crippen molar-refractivity contribution in [3.63, 3.8) is 0 Å². The van der Waals surface area contributed by atoms with Crippen LogP contribution in [0.25, 0.3) is 71.3 Å². The molecule has 0 fully saturated rings.